The Morgan fingerprint density at radius 1 is 1.32 bits per heavy atom. The first-order valence-electron chi connectivity index (χ1n) is 10.5. The van der Waals surface area contributed by atoms with Crippen molar-refractivity contribution < 1.29 is 0 Å². The van der Waals surface area contributed by atoms with Crippen molar-refractivity contribution in [1.29, 1.82) is 0 Å². The van der Waals surface area contributed by atoms with Crippen LogP contribution >= 0.6 is 0 Å². The summed E-state index contributed by atoms with van der Waals surface area (Å²) in [6.07, 6.45) is 3.63. The number of aryl methyl sites for hydroxylation is 1. The molecule has 3 heterocycles. The number of likely N-dealkylation sites (tertiary alicyclic amines) is 1. The van der Waals surface area contributed by atoms with Crippen molar-refractivity contribution in [1.82, 2.24) is 19.6 Å². The van der Waals surface area contributed by atoms with Gasteiger partial charge in [-0.15, -0.1) is 0 Å². The second-order valence-corrected chi connectivity index (χ2v) is 8.63. The fraction of sp³-hybridized carbons (Fsp3) is 0.522. The minimum Gasteiger partial charge on any atom is -0.371 e. The van der Waals surface area contributed by atoms with Crippen LogP contribution in [0.3, 0.4) is 0 Å². The topological polar surface area (TPSA) is 36.3 Å². The maximum Gasteiger partial charge on any atom is 0.157 e. The Morgan fingerprint density at radius 2 is 2.18 bits per heavy atom. The van der Waals surface area contributed by atoms with Crippen molar-refractivity contribution in [2.75, 3.05) is 32.0 Å². The predicted molar refractivity (Wildman–Crippen MR) is 116 cm³/mol. The lowest BCUT2D eigenvalue weighted by molar-refractivity contribution is 0.188. The van der Waals surface area contributed by atoms with E-state index in [1.165, 1.54) is 42.8 Å². The van der Waals surface area contributed by atoms with Gasteiger partial charge in [-0.3, -0.25) is 4.68 Å². The summed E-state index contributed by atoms with van der Waals surface area (Å²) >= 11 is 0. The lowest BCUT2D eigenvalue weighted by Gasteiger charge is -2.32. The molecule has 0 radical (unpaired) electrons. The van der Waals surface area contributed by atoms with Crippen molar-refractivity contribution in [2.24, 2.45) is 5.92 Å². The number of piperidine rings is 1. The number of hydrogen-bond donors (Lipinski definition) is 1. The number of nitrogens with zero attached hydrogens (tertiary/aromatic N) is 4. The Bertz CT molecular complexity index is 853. The fourth-order valence-electron chi connectivity index (χ4n) is 4.59. The normalized spacial score (nSPS) is 20.1. The first-order valence-corrected chi connectivity index (χ1v) is 10.5. The summed E-state index contributed by atoms with van der Waals surface area (Å²) in [5.41, 5.74) is 6.24. The highest BCUT2D eigenvalue weighted by molar-refractivity contribution is 5.61. The highest BCUT2D eigenvalue weighted by Crippen LogP contribution is 2.31. The van der Waals surface area contributed by atoms with Gasteiger partial charge >= 0.3 is 0 Å². The molecule has 0 amide bonds. The van der Waals surface area contributed by atoms with Crippen LogP contribution in [-0.2, 0) is 19.5 Å². The van der Waals surface area contributed by atoms with E-state index in [9.17, 15) is 0 Å². The highest BCUT2D eigenvalue weighted by Gasteiger charge is 2.27. The van der Waals surface area contributed by atoms with Crippen LogP contribution in [0.25, 0.3) is 0 Å². The van der Waals surface area contributed by atoms with Gasteiger partial charge in [0.1, 0.15) is 0 Å². The number of rotatable bonds is 5. The molecule has 0 aliphatic carbocycles. The minimum absolute atomic E-state index is 0.689. The number of benzene rings is 1. The van der Waals surface area contributed by atoms with Gasteiger partial charge in [0.25, 0.3) is 0 Å². The molecular formula is C23H33N5. The third-order valence-corrected chi connectivity index (χ3v) is 6.11. The van der Waals surface area contributed by atoms with E-state index in [1.807, 2.05) is 0 Å². The molecule has 150 valence electrons. The molecule has 1 atom stereocenters. The second kappa shape index (κ2) is 8.00. The molecule has 1 N–H and O–H groups in total. The summed E-state index contributed by atoms with van der Waals surface area (Å²) in [5.74, 6) is 1.70. The molecule has 0 bridgehead atoms. The molecule has 0 saturated carbocycles. The molecule has 1 saturated heterocycles. The quantitative estimate of drug-likeness (QED) is 0.846. The number of allylic oxidation sites excluding steroid dienone is 1. The third-order valence-electron chi connectivity index (χ3n) is 6.11. The first kappa shape index (κ1) is 19.1. The number of aromatic nitrogens is 2. The zero-order valence-electron chi connectivity index (χ0n) is 17.5. The summed E-state index contributed by atoms with van der Waals surface area (Å²) < 4.78 is 2.30. The molecule has 5 nitrogen and oxygen atoms in total. The molecule has 1 unspecified atom stereocenters. The second-order valence-electron chi connectivity index (χ2n) is 8.63. The molecule has 2 aliphatic rings. The van der Waals surface area contributed by atoms with Crippen LogP contribution in [0.15, 0.2) is 36.5 Å². The van der Waals surface area contributed by atoms with Crippen LogP contribution in [0, 0.1) is 12.8 Å². The predicted octanol–water partition coefficient (Wildman–Crippen LogP) is 4.17. The van der Waals surface area contributed by atoms with E-state index >= 15 is 0 Å². The SMILES string of the molecule is C=C(C)N1CCc2c(c(Nc3cccc(C)c3)nn2CC2CCCN(C)C2)C1. The van der Waals surface area contributed by atoms with Crippen molar-refractivity contribution in [2.45, 2.75) is 46.2 Å². The molecule has 0 spiro atoms. The monoisotopic (exact) mass is 379 g/mol. The molecular weight excluding hydrogens is 346 g/mol. The van der Waals surface area contributed by atoms with E-state index in [0.717, 1.165) is 43.3 Å². The lowest BCUT2D eigenvalue weighted by atomic mass is 9.98. The number of fused-ring (bicyclic) bond motifs is 1. The van der Waals surface area contributed by atoms with Gasteiger partial charge in [0, 0.05) is 55.2 Å². The maximum absolute atomic E-state index is 5.06. The number of nitrogens with one attached hydrogen (secondary N) is 1. The van der Waals surface area contributed by atoms with Crippen LogP contribution in [0.4, 0.5) is 11.5 Å². The third kappa shape index (κ3) is 4.09. The summed E-state index contributed by atoms with van der Waals surface area (Å²) in [4.78, 5) is 4.82. The average Bonchev–Trinajstić information content (AvgIpc) is 2.98. The summed E-state index contributed by atoms with van der Waals surface area (Å²) in [5, 5.41) is 8.66. The average molecular weight is 380 g/mol. The van der Waals surface area contributed by atoms with E-state index in [1.54, 1.807) is 0 Å². The van der Waals surface area contributed by atoms with Crippen molar-refractivity contribution >= 4 is 11.5 Å². The largest absolute Gasteiger partial charge is 0.371 e. The van der Waals surface area contributed by atoms with Crippen molar-refractivity contribution in [3.05, 3.63) is 53.4 Å². The molecule has 5 heteroatoms. The highest BCUT2D eigenvalue weighted by atomic mass is 15.3. The molecule has 2 aliphatic heterocycles. The van der Waals surface area contributed by atoms with Gasteiger partial charge in [-0.1, -0.05) is 18.7 Å². The molecule has 4 rings (SSSR count). The lowest BCUT2D eigenvalue weighted by Crippen LogP contribution is -2.35. The van der Waals surface area contributed by atoms with E-state index < -0.39 is 0 Å². The van der Waals surface area contributed by atoms with Gasteiger partial charge in [0.05, 0.1) is 0 Å². The Labute approximate surface area is 169 Å². The Balaban J connectivity index is 1.63. The Kier molecular flexibility index (Phi) is 5.44. The summed E-state index contributed by atoms with van der Waals surface area (Å²) in [6, 6.07) is 8.52. The molecule has 2 aromatic rings. The van der Waals surface area contributed by atoms with Crippen LogP contribution < -0.4 is 5.32 Å². The van der Waals surface area contributed by atoms with E-state index in [4.69, 9.17) is 5.10 Å². The number of hydrogen-bond acceptors (Lipinski definition) is 4. The first-order chi connectivity index (χ1) is 13.5. The zero-order valence-corrected chi connectivity index (χ0v) is 17.5. The van der Waals surface area contributed by atoms with Crippen molar-refractivity contribution in [3.8, 4) is 0 Å². The van der Waals surface area contributed by atoms with Crippen molar-refractivity contribution in [3.63, 3.8) is 0 Å². The van der Waals surface area contributed by atoms with Gasteiger partial charge in [0.2, 0.25) is 0 Å². The van der Waals surface area contributed by atoms with Gasteiger partial charge in [-0.05, 0) is 63.9 Å². The smallest absolute Gasteiger partial charge is 0.157 e. The van der Waals surface area contributed by atoms with Crippen LogP contribution in [0.5, 0.6) is 0 Å². The van der Waals surface area contributed by atoms with Gasteiger partial charge in [-0.2, -0.15) is 5.10 Å². The minimum atomic E-state index is 0.689. The summed E-state index contributed by atoms with van der Waals surface area (Å²) in [6.45, 7) is 13.7. The van der Waals surface area contributed by atoms with E-state index in [2.05, 4.69) is 71.5 Å². The Morgan fingerprint density at radius 3 is 2.93 bits per heavy atom. The van der Waals surface area contributed by atoms with Gasteiger partial charge in [-0.25, -0.2) is 0 Å². The van der Waals surface area contributed by atoms with Gasteiger partial charge in [0.15, 0.2) is 5.82 Å². The summed E-state index contributed by atoms with van der Waals surface area (Å²) in [7, 11) is 2.24. The van der Waals surface area contributed by atoms with Crippen LogP contribution in [0.2, 0.25) is 0 Å². The standard InChI is InChI=1S/C23H33N5/c1-17(2)27-12-10-22-21(16-27)23(24-20-9-5-7-18(3)13-20)25-28(22)15-19-8-6-11-26(4)14-19/h5,7,9,13,19H,1,6,8,10-12,14-16H2,2-4H3,(H,24,25). The van der Waals surface area contributed by atoms with Crippen LogP contribution in [0.1, 0.15) is 36.6 Å². The maximum atomic E-state index is 5.06. The molecule has 28 heavy (non-hydrogen) atoms. The molecule has 1 aromatic heterocycles. The zero-order chi connectivity index (χ0) is 19.7. The van der Waals surface area contributed by atoms with Gasteiger partial charge < -0.3 is 15.1 Å². The molecule has 1 fully saturated rings. The van der Waals surface area contributed by atoms with E-state index in [0.29, 0.717) is 5.92 Å². The Hall–Kier alpha value is -2.27. The fourth-order valence-corrected chi connectivity index (χ4v) is 4.59. The number of anilines is 2. The molecule has 1 aromatic carbocycles. The van der Waals surface area contributed by atoms with Crippen LogP contribution in [-0.4, -0.2) is 46.3 Å². The van der Waals surface area contributed by atoms with E-state index in [-0.39, 0.29) is 0 Å².